The van der Waals surface area contributed by atoms with Crippen LogP contribution in [0.1, 0.15) is 16.7 Å². The number of benzene rings is 3. The lowest BCUT2D eigenvalue weighted by Crippen LogP contribution is -2.20. The zero-order chi connectivity index (χ0) is 20.8. The lowest BCUT2D eigenvalue weighted by molar-refractivity contribution is -0.116. The van der Waals surface area contributed by atoms with Crippen LogP contribution in [0.4, 0.5) is 0 Å². The monoisotopic (exact) mass is 393 g/mol. The number of para-hydroxylation sites is 1. The first kappa shape index (κ1) is 19.4. The summed E-state index contributed by atoms with van der Waals surface area (Å²) in [7, 11) is 0. The van der Waals surface area contributed by atoms with Gasteiger partial charge in [0.2, 0.25) is 5.91 Å². The predicted octanol–water partition coefficient (Wildman–Crippen LogP) is 5.18. The second-order valence-electron chi connectivity index (χ2n) is 7.12. The van der Waals surface area contributed by atoms with Crippen molar-refractivity contribution in [3.63, 3.8) is 0 Å². The Morgan fingerprint density at radius 2 is 1.60 bits per heavy atom. The van der Waals surface area contributed by atoms with Gasteiger partial charge in [0.05, 0.1) is 11.4 Å². The molecule has 0 fully saturated rings. The lowest BCUT2D eigenvalue weighted by atomic mass is 10.1. The predicted molar refractivity (Wildman–Crippen MR) is 121 cm³/mol. The van der Waals surface area contributed by atoms with E-state index < -0.39 is 0 Å². The molecular formula is C26H23N3O. The second kappa shape index (κ2) is 9.05. The van der Waals surface area contributed by atoms with Crippen LogP contribution in [0.3, 0.4) is 0 Å². The third kappa shape index (κ3) is 4.73. The molecule has 4 heteroatoms. The zero-order valence-electron chi connectivity index (χ0n) is 16.8. The van der Waals surface area contributed by atoms with Crippen molar-refractivity contribution in [2.75, 3.05) is 0 Å². The van der Waals surface area contributed by atoms with Gasteiger partial charge in [-0.25, -0.2) is 4.68 Å². The quantitative estimate of drug-likeness (QED) is 0.459. The van der Waals surface area contributed by atoms with Gasteiger partial charge in [-0.2, -0.15) is 5.10 Å². The summed E-state index contributed by atoms with van der Waals surface area (Å²) in [5.41, 5.74) is 5.97. The topological polar surface area (TPSA) is 46.9 Å². The summed E-state index contributed by atoms with van der Waals surface area (Å²) in [5.74, 6) is -0.138. The number of amides is 1. The molecule has 0 aliphatic rings. The first-order chi connectivity index (χ1) is 14.7. The molecule has 4 rings (SSSR count). The van der Waals surface area contributed by atoms with Gasteiger partial charge in [0.25, 0.3) is 0 Å². The zero-order valence-corrected chi connectivity index (χ0v) is 16.8. The first-order valence-corrected chi connectivity index (χ1v) is 9.91. The Labute approximate surface area is 176 Å². The van der Waals surface area contributed by atoms with Gasteiger partial charge in [-0.3, -0.25) is 4.79 Å². The van der Waals surface area contributed by atoms with E-state index in [0.29, 0.717) is 6.54 Å². The van der Waals surface area contributed by atoms with Crippen molar-refractivity contribution in [1.29, 1.82) is 0 Å². The van der Waals surface area contributed by atoms with E-state index in [9.17, 15) is 4.79 Å². The number of carbonyl (C=O) groups excluding carboxylic acids is 1. The summed E-state index contributed by atoms with van der Waals surface area (Å²) in [6.45, 7) is 2.56. The van der Waals surface area contributed by atoms with Crippen molar-refractivity contribution in [3.05, 3.63) is 114 Å². The first-order valence-electron chi connectivity index (χ1n) is 9.91. The number of hydrogen-bond donors (Lipinski definition) is 1. The molecule has 0 atom stereocenters. The Morgan fingerprint density at radius 1 is 0.933 bits per heavy atom. The molecule has 0 radical (unpaired) electrons. The minimum atomic E-state index is -0.138. The number of rotatable bonds is 6. The smallest absolute Gasteiger partial charge is 0.244 e. The van der Waals surface area contributed by atoms with Gasteiger partial charge in [-0.15, -0.1) is 0 Å². The van der Waals surface area contributed by atoms with Crippen LogP contribution in [0.2, 0.25) is 0 Å². The molecule has 30 heavy (non-hydrogen) atoms. The Morgan fingerprint density at radius 3 is 2.30 bits per heavy atom. The van der Waals surface area contributed by atoms with Gasteiger partial charge in [0.1, 0.15) is 0 Å². The van der Waals surface area contributed by atoms with Crippen molar-refractivity contribution in [2.24, 2.45) is 0 Å². The average molecular weight is 393 g/mol. The summed E-state index contributed by atoms with van der Waals surface area (Å²) in [6, 6.07) is 28.1. The maximum absolute atomic E-state index is 12.3. The van der Waals surface area contributed by atoms with Crippen molar-refractivity contribution >= 4 is 12.0 Å². The molecule has 1 aromatic heterocycles. The Balaban J connectivity index is 1.59. The van der Waals surface area contributed by atoms with Crippen LogP contribution in [-0.4, -0.2) is 15.7 Å². The molecule has 1 heterocycles. The highest BCUT2D eigenvalue weighted by molar-refractivity contribution is 5.92. The van der Waals surface area contributed by atoms with E-state index in [1.165, 1.54) is 5.56 Å². The Kier molecular flexibility index (Phi) is 5.85. The fourth-order valence-corrected chi connectivity index (χ4v) is 3.17. The maximum Gasteiger partial charge on any atom is 0.244 e. The summed E-state index contributed by atoms with van der Waals surface area (Å²) in [6.07, 6.45) is 5.33. The lowest BCUT2D eigenvalue weighted by Gasteiger charge is -2.02. The standard InChI is InChI=1S/C26H23N3O/c1-20-12-14-22(15-13-20)26-23(19-29(28-26)24-10-6-3-7-11-24)16-17-25(30)27-18-21-8-4-2-5-9-21/h2-17,19H,18H2,1H3,(H,27,30)/b17-16+. The highest BCUT2D eigenvalue weighted by Crippen LogP contribution is 2.25. The van der Waals surface area contributed by atoms with Gasteiger partial charge >= 0.3 is 0 Å². The molecule has 0 saturated heterocycles. The molecule has 0 unspecified atom stereocenters. The molecule has 1 N–H and O–H groups in total. The molecule has 0 spiro atoms. The van der Waals surface area contributed by atoms with Crippen molar-refractivity contribution in [1.82, 2.24) is 15.1 Å². The molecule has 0 aliphatic heterocycles. The Hall–Kier alpha value is -3.92. The van der Waals surface area contributed by atoms with Crippen LogP contribution in [0.15, 0.2) is 97.2 Å². The van der Waals surface area contributed by atoms with Crippen LogP contribution in [-0.2, 0) is 11.3 Å². The SMILES string of the molecule is Cc1ccc(-c2nn(-c3ccccc3)cc2/C=C/C(=O)NCc2ccccc2)cc1. The number of aromatic nitrogens is 2. The van der Waals surface area contributed by atoms with Crippen LogP contribution in [0, 0.1) is 6.92 Å². The van der Waals surface area contributed by atoms with E-state index in [2.05, 4.69) is 36.5 Å². The molecule has 3 aromatic carbocycles. The minimum Gasteiger partial charge on any atom is -0.348 e. The van der Waals surface area contributed by atoms with Crippen molar-refractivity contribution in [3.8, 4) is 16.9 Å². The van der Waals surface area contributed by atoms with Crippen molar-refractivity contribution < 1.29 is 4.79 Å². The molecule has 0 aliphatic carbocycles. The van der Waals surface area contributed by atoms with Gasteiger partial charge in [0.15, 0.2) is 0 Å². The fraction of sp³-hybridized carbons (Fsp3) is 0.0769. The summed E-state index contributed by atoms with van der Waals surface area (Å²) in [4.78, 5) is 12.3. The molecule has 4 nitrogen and oxygen atoms in total. The minimum absolute atomic E-state index is 0.138. The highest BCUT2D eigenvalue weighted by Gasteiger charge is 2.11. The molecule has 4 aromatic rings. The molecule has 148 valence electrons. The average Bonchev–Trinajstić information content (AvgIpc) is 3.22. The highest BCUT2D eigenvalue weighted by atomic mass is 16.1. The number of nitrogens with one attached hydrogen (secondary N) is 1. The van der Waals surface area contributed by atoms with Crippen LogP contribution >= 0.6 is 0 Å². The second-order valence-corrected chi connectivity index (χ2v) is 7.12. The normalized spacial score (nSPS) is 11.0. The Bertz CT molecular complexity index is 1140. The molecular weight excluding hydrogens is 370 g/mol. The number of hydrogen-bond acceptors (Lipinski definition) is 2. The number of nitrogens with zero attached hydrogens (tertiary/aromatic N) is 2. The van der Waals surface area contributed by atoms with Gasteiger partial charge in [-0.1, -0.05) is 78.4 Å². The van der Waals surface area contributed by atoms with Crippen LogP contribution in [0.25, 0.3) is 23.0 Å². The number of carbonyl (C=O) groups is 1. The largest absolute Gasteiger partial charge is 0.348 e. The third-order valence-electron chi connectivity index (χ3n) is 4.81. The fourth-order valence-electron chi connectivity index (χ4n) is 3.17. The van der Waals surface area contributed by atoms with Crippen LogP contribution < -0.4 is 5.32 Å². The van der Waals surface area contributed by atoms with E-state index in [4.69, 9.17) is 5.10 Å². The molecule has 1 amide bonds. The molecule has 0 bridgehead atoms. The van der Waals surface area contributed by atoms with Gasteiger partial charge in [-0.05, 0) is 30.7 Å². The third-order valence-corrected chi connectivity index (χ3v) is 4.81. The summed E-state index contributed by atoms with van der Waals surface area (Å²) in [5, 5.41) is 7.71. The van der Waals surface area contributed by atoms with E-state index in [-0.39, 0.29) is 5.91 Å². The summed E-state index contributed by atoms with van der Waals surface area (Å²) < 4.78 is 1.84. The maximum atomic E-state index is 12.3. The number of aryl methyl sites for hydroxylation is 1. The summed E-state index contributed by atoms with van der Waals surface area (Å²) >= 11 is 0. The van der Waals surface area contributed by atoms with E-state index in [1.807, 2.05) is 77.6 Å². The van der Waals surface area contributed by atoms with Gasteiger partial charge < -0.3 is 5.32 Å². The van der Waals surface area contributed by atoms with Crippen molar-refractivity contribution in [2.45, 2.75) is 13.5 Å². The van der Waals surface area contributed by atoms with Crippen LogP contribution in [0.5, 0.6) is 0 Å². The van der Waals surface area contributed by atoms with E-state index in [1.54, 1.807) is 6.08 Å². The van der Waals surface area contributed by atoms with E-state index >= 15 is 0 Å². The molecule has 0 saturated carbocycles. The van der Waals surface area contributed by atoms with Gasteiger partial charge in [0, 0.05) is 29.9 Å². The van der Waals surface area contributed by atoms with E-state index in [0.717, 1.165) is 28.1 Å².